The van der Waals surface area contributed by atoms with Gasteiger partial charge in [0.2, 0.25) is 0 Å². The summed E-state index contributed by atoms with van der Waals surface area (Å²) in [6.45, 7) is 19.3. The van der Waals surface area contributed by atoms with Gasteiger partial charge in [-0.25, -0.2) is 0 Å². The molecule has 2 fully saturated rings. The van der Waals surface area contributed by atoms with E-state index in [-0.39, 0.29) is 29.3 Å². The molecule has 2 aliphatic rings. The van der Waals surface area contributed by atoms with Crippen LogP contribution in [0.25, 0.3) is 0 Å². The number of rotatable bonds is 15. The summed E-state index contributed by atoms with van der Waals surface area (Å²) in [5, 5.41) is 20.6. The number of hydrogen-bond donors (Lipinski definition) is 2. The number of phenolic OH excluding ortho intramolecular Hbond substituents is 1. The molecule has 0 amide bonds. The Hall–Kier alpha value is -4.04. The lowest BCUT2D eigenvalue weighted by Crippen LogP contribution is -2.45. The van der Waals surface area contributed by atoms with Crippen molar-refractivity contribution in [3.8, 4) is 23.0 Å². The standard InChI is InChI=1S/C38H44O6.C6H12O/c1-36(2,26-7-15-30(39)16-8-26)27-11-19-32(20-12-27)43-25-35(40)38(5,6)44-33-21-13-29(14-22-33)37(3,4)28-9-17-31(18-10-28)41-23-34-24-42-34;1-5(2)3-6-4-7-6/h7-22,34-35,39-40H,23-25H2,1-6H3;5-6H,3-4H2,1-2H3. The molecule has 0 spiro atoms. The second-order valence-corrected chi connectivity index (χ2v) is 15.8. The Morgan fingerprint density at radius 3 is 1.39 bits per heavy atom. The fraction of sp³-hybridized carbons (Fsp3) is 0.455. The summed E-state index contributed by atoms with van der Waals surface area (Å²) in [6.07, 6.45) is 1.25. The van der Waals surface area contributed by atoms with E-state index in [1.54, 1.807) is 12.1 Å². The Balaban J connectivity index is 0.000000643. The largest absolute Gasteiger partial charge is 0.508 e. The van der Waals surface area contributed by atoms with Crippen molar-refractivity contribution >= 4 is 0 Å². The van der Waals surface area contributed by atoms with Crippen LogP contribution in [0.2, 0.25) is 0 Å². The van der Waals surface area contributed by atoms with Crippen LogP contribution in [0, 0.1) is 5.92 Å². The summed E-state index contributed by atoms with van der Waals surface area (Å²) in [6, 6.07) is 31.5. The van der Waals surface area contributed by atoms with E-state index in [1.807, 2.05) is 74.5 Å². The summed E-state index contributed by atoms with van der Waals surface area (Å²) in [5.74, 6) is 3.27. The van der Waals surface area contributed by atoms with E-state index in [2.05, 4.69) is 65.8 Å². The van der Waals surface area contributed by atoms with E-state index >= 15 is 0 Å². The van der Waals surface area contributed by atoms with Gasteiger partial charge in [0.1, 0.15) is 54.0 Å². The molecule has 2 N–H and O–H groups in total. The molecule has 51 heavy (non-hydrogen) atoms. The predicted molar refractivity (Wildman–Crippen MR) is 202 cm³/mol. The van der Waals surface area contributed by atoms with E-state index in [9.17, 15) is 10.2 Å². The average Bonchev–Trinajstić information content (AvgIpc) is 4.04. The lowest BCUT2D eigenvalue weighted by Gasteiger charge is -2.32. The van der Waals surface area contributed by atoms with Gasteiger partial charge in [-0.2, -0.15) is 0 Å². The average molecular weight is 697 g/mol. The van der Waals surface area contributed by atoms with Gasteiger partial charge in [-0.15, -0.1) is 0 Å². The van der Waals surface area contributed by atoms with E-state index in [0.29, 0.717) is 24.2 Å². The predicted octanol–water partition coefficient (Wildman–Crippen LogP) is 8.85. The van der Waals surface area contributed by atoms with Crippen molar-refractivity contribution in [3.05, 3.63) is 119 Å². The molecule has 7 nitrogen and oxygen atoms in total. The van der Waals surface area contributed by atoms with Crippen LogP contribution in [-0.4, -0.2) is 60.6 Å². The molecule has 0 radical (unpaired) electrons. The molecule has 4 aromatic carbocycles. The van der Waals surface area contributed by atoms with Crippen LogP contribution in [0.5, 0.6) is 23.0 Å². The molecule has 2 heterocycles. The summed E-state index contributed by atoms with van der Waals surface area (Å²) in [7, 11) is 0. The van der Waals surface area contributed by atoms with E-state index < -0.39 is 11.7 Å². The van der Waals surface area contributed by atoms with E-state index in [0.717, 1.165) is 41.6 Å². The molecule has 6 rings (SSSR count). The van der Waals surface area contributed by atoms with Crippen molar-refractivity contribution in [1.29, 1.82) is 0 Å². The normalized spacial score (nSPS) is 17.6. The number of aliphatic hydroxyl groups is 1. The maximum atomic E-state index is 11.0. The zero-order chi connectivity index (χ0) is 36.8. The van der Waals surface area contributed by atoms with Crippen molar-refractivity contribution < 1.29 is 33.9 Å². The maximum Gasteiger partial charge on any atom is 0.132 e. The Labute approximate surface area is 304 Å². The minimum Gasteiger partial charge on any atom is -0.508 e. The monoisotopic (exact) mass is 696 g/mol. The molecule has 3 atom stereocenters. The van der Waals surface area contributed by atoms with Crippen molar-refractivity contribution in [2.45, 2.75) is 96.6 Å². The Morgan fingerprint density at radius 1 is 0.608 bits per heavy atom. The highest BCUT2D eigenvalue weighted by molar-refractivity contribution is 5.43. The van der Waals surface area contributed by atoms with Crippen molar-refractivity contribution in [1.82, 2.24) is 0 Å². The Bertz CT molecular complexity index is 1650. The van der Waals surface area contributed by atoms with Crippen LogP contribution in [-0.2, 0) is 20.3 Å². The van der Waals surface area contributed by atoms with Gasteiger partial charge in [-0.3, -0.25) is 0 Å². The first-order valence-electron chi connectivity index (χ1n) is 18.1. The number of aliphatic hydroxyl groups excluding tert-OH is 1. The fourth-order valence-electron chi connectivity index (χ4n) is 5.92. The Kier molecular flexibility index (Phi) is 12.1. The fourth-order valence-corrected chi connectivity index (χ4v) is 5.92. The smallest absolute Gasteiger partial charge is 0.132 e. The van der Waals surface area contributed by atoms with Gasteiger partial charge in [0.25, 0.3) is 0 Å². The summed E-state index contributed by atoms with van der Waals surface area (Å²) < 4.78 is 28.2. The number of ether oxygens (including phenoxy) is 5. The molecule has 0 aliphatic carbocycles. The minimum absolute atomic E-state index is 0.0895. The van der Waals surface area contributed by atoms with Crippen LogP contribution in [0.1, 0.15) is 84.1 Å². The second-order valence-electron chi connectivity index (χ2n) is 15.8. The quantitative estimate of drug-likeness (QED) is 0.120. The third kappa shape index (κ3) is 10.7. The first-order valence-corrected chi connectivity index (χ1v) is 18.1. The number of benzene rings is 4. The molecule has 2 aliphatic heterocycles. The van der Waals surface area contributed by atoms with E-state index in [4.69, 9.17) is 23.7 Å². The highest BCUT2D eigenvalue weighted by Gasteiger charge is 2.32. The summed E-state index contributed by atoms with van der Waals surface area (Å²) in [4.78, 5) is 0. The van der Waals surface area contributed by atoms with Crippen LogP contribution in [0.4, 0.5) is 0 Å². The first kappa shape index (κ1) is 38.2. The number of phenols is 1. The topological polar surface area (TPSA) is 93.2 Å². The second kappa shape index (κ2) is 16.1. The van der Waals surface area contributed by atoms with Crippen molar-refractivity contribution in [3.63, 3.8) is 0 Å². The van der Waals surface area contributed by atoms with E-state index in [1.165, 1.54) is 12.0 Å². The molecule has 274 valence electrons. The lowest BCUT2D eigenvalue weighted by atomic mass is 9.78. The van der Waals surface area contributed by atoms with Gasteiger partial charge in [-0.05, 0) is 97.0 Å². The van der Waals surface area contributed by atoms with Crippen LogP contribution in [0.15, 0.2) is 97.1 Å². The molecule has 3 unspecified atom stereocenters. The molecular weight excluding hydrogens is 640 g/mol. The minimum atomic E-state index is -0.876. The number of epoxide rings is 2. The molecule has 0 aromatic heterocycles. The van der Waals surface area contributed by atoms with Gasteiger partial charge in [0.05, 0.1) is 19.3 Å². The van der Waals surface area contributed by atoms with Crippen molar-refractivity contribution in [2.24, 2.45) is 5.92 Å². The number of aromatic hydroxyl groups is 1. The van der Waals surface area contributed by atoms with Crippen LogP contribution in [0.3, 0.4) is 0 Å². The number of hydrogen-bond acceptors (Lipinski definition) is 7. The van der Waals surface area contributed by atoms with Crippen LogP contribution >= 0.6 is 0 Å². The first-order chi connectivity index (χ1) is 24.1. The maximum absolute atomic E-state index is 11.0. The zero-order valence-electron chi connectivity index (χ0n) is 31.5. The van der Waals surface area contributed by atoms with Crippen molar-refractivity contribution in [2.75, 3.05) is 26.4 Å². The lowest BCUT2D eigenvalue weighted by molar-refractivity contribution is -0.0492. The third-order valence-electron chi connectivity index (χ3n) is 9.88. The van der Waals surface area contributed by atoms with Gasteiger partial charge < -0.3 is 33.9 Å². The van der Waals surface area contributed by atoms with Gasteiger partial charge in [0.15, 0.2) is 0 Å². The van der Waals surface area contributed by atoms with Gasteiger partial charge in [-0.1, -0.05) is 90.1 Å². The SMILES string of the molecule is CC(C)(c1ccc(O)cc1)c1ccc(OCC(O)C(C)(C)Oc2ccc(C(C)(C)c3ccc(OCC4CO4)cc3)cc2)cc1.CC(C)CC1CO1. The third-order valence-corrected chi connectivity index (χ3v) is 9.88. The summed E-state index contributed by atoms with van der Waals surface area (Å²) >= 11 is 0. The van der Waals surface area contributed by atoms with Gasteiger partial charge >= 0.3 is 0 Å². The zero-order valence-corrected chi connectivity index (χ0v) is 31.5. The molecule has 7 heteroatoms. The van der Waals surface area contributed by atoms with Gasteiger partial charge in [0, 0.05) is 10.8 Å². The molecule has 0 bridgehead atoms. The highest BCUT2D eigenvalue weighted by atomic mass is 16.6. The molecule has 0 saturated carbocycles. The molecular formula is C44H56O7. The molecule has 4 aromatic rings. The highest BCUT2D eigenvalue weighted by Crippen LogP contribution is 2.35. The summed E-state index contributed by atoms with van der Waals surface area (Å²) in [5.41, 5.74) is 3.24. The van der Waals surface area contributed by atoms with Crippen LogP contribution < -0.4 is 14.2 Å². The molecule has 2 saturated heterocycles. The Morgan fingerprint density at radius 2 is 1.00 bits per heavy atom.